The number of benzene rings is 2. The maximum Gasteiger partial charge on any atom is 0.260 e. The Kier molecular flexibility index (Phi) is 5.24. The highest BCUT2D eigenvalue weighted by atomic mass is 35.5. The summed E-state index contributed by atoms with van der Waals surface area (Å²) >= 11 is 6.25. The van der Waals surface area contributed by atoms with Gasteiger partial charge in [-0.05, 0) is 49.7 Å². The normalized spacial score (nSPS) is 15.3. The first-order valence-electron chi connectivity index (χ1n) is 8.22. The number of ether oxygens (including phenoxy) is 1. The Hall–Kier alpha value is -2.53. The first-order chi connectivity index (χ1) is 12.1. The van der Waals surface area contributed by atoms with Gasteiger partial charge in [-0.15, -0.1) is 0 Å². The third-order valence-corrected chi connectivity index (χ3v) is 4.24. The minimum absolute atomic E-state index is 0.100. The van der Waals surface area contributed by atoms with Gasteiger partial charge in [-0.2, -0.15) is 0 Å². The summed E-state index contributed by atoms with van der Waals surface area (Å²) in [5.74, 6) is 1.17. The minimum atomic E-state index is -0.100. The SMILES string of the molecule is CCOc1ccc(C(=O)N2CCNC2=Nc2c(C)cccc2Cl)cc1. The topological polar surface area (TPSA) is 53.9 Å². The van der Waals surface area contributed by atoms with E-state index in [0.29, 0.717) is 41.9 Å². The monoisotopic (exact) mass is 357 g/mol. The van der Waals surface area contributed by atoms with Crippen LogP contribution in [0, 0.1) is 6.92 Å². The van der Waals surface area contributed by atoms with Gasteiger partial charge in [-0.1, -0.05) is 23.7 Å². The molecule has 0 unspecified atom stereocenters. The number of aliphatic imine (C=N–C) groups is 1. The number of carbonyl (C=O) groups excluding carboxylic acids is 1. The number of rotatable bonds is 4. The summed E-state index contributed by atoms with van der Waals surface area (Å²) < 4.78 is 5.42. The number of para-hydroxylation sites is 1. The summed E-state index contributed by atoms with van der Waals surface area (Å²) in [4.78, 5) is 19.0. The highest BCUT2D eigenvalue weighted by Crippen LogP contribution is 2.29. The Morgan fingerprint density at radius 3 is 2.72 bits per heavy atom. The molecule has 0 saturated carbocycles. The summed E-state index contributed by atoms with van der Waals surface area (Å²) in [7, 11) is 0. The summed E-state index contributed by atoms with van der Waals surface area (Å²) in [6.07, 6.45) is 0. The molecular formula is C19H20ClN3O2. The first kappa shape index (κ1) is 17.3. The van der Waals surface area contributed by atoms with Crippen molar-refractivity contribution in [1.29, 1.82) is 0 Å². The van der Waals surface area contributed by atoms with Gasteiger partial charge in [0.15, 0.2) is 0 Å². The fourth-order valence-electron chi connectivity index (χ4n) is 2.67. The summed E-state index contributed by atoms with van der Waals surface area (Å²) in [6, 6.07) is 12.8. The zero-order valence-corrected chi connectivity index (χ0v) is 15.0. The van der Waals surface area contributed by atoms with E-state index < -0.39 is 0 Å². The fraction of sp³-hybridized carbons (Fsp3) is 0.263. The lowest BCUT2D eigenvalue weighted by molar-refractivity contribution is 0.0859. The van der Waals surface area contributed by atoms with Crippen LogP contribution in [-0.4, -0.2) is 36.5 Å². The number of guanidine groups is 1. The Balaban J connectivity index is 1.86. The lowest BCUT2D eigenvalue weighted by Gasteiger charge is -2.16. The smallest absolute Gasteiger partial charge is 0.260 e. The molecule has 1 aliphatic heterocycles. The second kappa shape index (κ2) is 7.57. The zero-order chi connectivity index (χ0) is 17.8. The third kappa shape index (κ3) is 3.77. The number of nitrogens with zero attached hydrogens (tertiary/aromatic N) is 2. The molecule has 1 fully saturated rings. The summed E-state index contributed by atoms with van der Waals surface area (Å²) in [5.41, 5.74) is 2.23. The average molecular weight is 358 g/mol. The highest BCUT2D eigenvalue weighted by molar-refractivity contribution is 6.33. The summed E-state index contributed by atoms with van der Waals surface area (Å²) in [6.45, 7) is 5.68. The molecule has 2 aromatic carbocycles. The molecule has 3 rings (SSSR count). The molecule has 0 aromatic heterocycles. The number of carbonyl (C=O) groups is 1. The molecule has 0 bridgehead atoms. The van der Waals surface area contributed by atoms with Crippen molar-refractivity contribution in [3.8, 4) is 5.75 Å². The van der Waals surface area contributed by atoms with Crippen LogP contribution in [-0.2, 0) is 0 Å². The van der Waals surface area contributed by atoms with E-state index in [-0.39, 0.29) is 5.91 Å². The van der Waals surface area contributed by atoms with Gasteiger partial charge in [0.1, 0.15) is 5.75 Å². The Bertz CT molecular complexity index is 783. The van der Waals surface area contributed by atoms with E-state index in [9.17, 15) is 4.79 Å². The average Bonchev–Trinajstić information content (AvgIpc) is 3.07. The molecule has 0 aliphatic carbocycles. The molecule has 1 amide bonds. The molecule has 0 atom stereocenters. The molecule has 130 valence electrons. The van der Waals surface area contributed by atoms with Crippen LogP contribution < -0.4 is 10.1 Å². The van der Waals surface area contributed by atoms with Crippen molar-refractivity contribution >= 4 is 29.2 Å². The quantitative estimate of drug-likeness (QED) is 0.906. The van der Waals surface area contributed by atoms with Crippen molar-refractivity contribution in [3.05, 3.63) is 58.6 Å². The molecule has 1 aliphatic rings. The number of amides is 1. The van der Waals surface area contributed by atoms with Gasteiger partial charge in [0.2, 0.25) is 5.96 Å². The van der Waals surface area contributed by atoms with Crippen molar-refractivity contribution in [3.63, 3.8) is 0 Å². The maximum atomic E-state index is 12.8. The molecule has 1 heterocycles. The molecule has 0 radical (unpaired) electrons. The van der Waals surface area contributed by atoms with Crippen LogP contribution >= 0.6 is 11.6 Å². The Morgan fingerprint density at radius 1 is 1.28 bits per heavy atom. The number of aryl methyl sites for hydroxylation is 1. The van der Waals surface area contributed by atoms with Crippen molar-refractivity contribution in [2.24, 2.45) is 4.99 Å². The predicted molar refractivity (Wildman–Crippen MR) is 99.9 cm³/mol. The van der Waals surface area contributed by atoms with Gasteiger partial charge in [0, 0.05) is 18.7 Å². The van der Waals surface area contributed by atoms with Gasteiger partial charge in [0.25, 0.3) is 5.91 Å². The second-order valence-electron chi connectivity index (χ2n) is 5.68. The highest BCUT2D eigenvalue weighted by Gasteiger charge is 2.26. The van der Waals surface area contributed by atoms with E-state index in [1.54, 1.807) is 35.2 Å². The largest absolute Gasteiger partial charge is 0.494 e. The molecule has 1 saturated heterocycles. The zero-order valence-electron chi connectivity index (χ0n) is 14.3. The van der Waals surface area contributed by atoms with E-state index in [4.69, 9.17) is 16.3 Å². The van der Waals surface area contributed by atoms with Crippen molar-refractivity contribution < 1.29 is 9.53 Å². The lowest BCUT2D eigenvalue weighted by Crippen LogP contribution is -2.35. The van der Waals surface area contributed by atoms with Gasteiger partial charge < -0.3 is 10.1 Å². The van der Waals surface area contributed by atoms with E-state index in [1.807, 2.05) is 26.0 Å². The second-order valence-corrected chi connectivity index (χ2v) is 6.09. The van der Waals surface area contributed by atoms with Crippen LogP contribution in [0.5, 0.6) is 5.75 Å². The molecule has 6 heteroatoms. The standard InChI is InChI=1S/C19H20ClN3O2/c1-3-25-15-9-7-14(8-10-15)18(24)23-12-11-21-19(23)22-17-13(2)5-4-6-16(17)20/h4-10H,3,11-12H2,1-2H3,(H,21,22). The number of halogens is 1. The van der Waals surface area contributed by atoms with Crippen LogP contribution in [0.15, 0.2) is 47.5 Å². The molecule has 25 heavy (non-hydrogen) atoms. The Morgan fingerprint density at radius 2 is 2.04 bits per heavy atom. The molecule has 0 spiro atoms. The van der Waals surface area contributed by atoms with Crippen LogP contribution in [0.2, 0.25) is 5.02 Å². The van der Waals surface area contributed by atoms with Gasteiger partial charge in [-0.3, -0.25) is 9.69 Å². The van der Waals surface area contributed by atoms with Gasteiger partial charge >= 0.3 is 0 Å². The van der Waals surface area contributed by atoms with Crippen LogP contribution in [0.25, 0.3) is 0 Å². The summed E-state index contributed by atoms with van der Waals surface area (Å²) in [5, 5.41) is 3.73. The fourth-order valence-corrected chi connectivity index (χ4v) is 2.93. The van der Waals surface area contributed by atoms with Crippen molar-refractivity contribution in [1.82, 2.24) is 10.2 Å². The minimum Gasteiger partial charge on any atom is -0.494 e. The van der Waals surface area contributed by atoms with E-state index in [1.165, 1.54) is 0 Å². The van der Waals surface area contributed by atoms with Crippen molar-refractivity contribution in [2.45, 2.75) is 13.8 Å². The predicted octanol–water partition coefficient (Wildman–Crippen LogP) is 3.78. The Labute approximate surface area is 152 Å². The third-order valence-electron chi connectivity index (χ3n) is 3.94. The van der Waals surface area contributed by atoms with Gasteiger partial charge in [0.05, 0.1) is 17.3 Å². The molecule has 5 nitrogen and oxygen atoms in total. The van der Waals surface area contributed by atoms with Crippen LogP contribution in [0.4, 0.5) is 5.69 Å². The lowest BCUT2D eigenvalue weighted by atomic mass is 10.2. The number of hydrogen-bond acceptors (Lipinski definition) is 3. The van der Waals surface area contributed by atoms with Crippen LogP contribution in [0.1, 0.15) is 22.8 Å². The molecular weight excluding hydrogens is 338 g/mol. The van der Waals surface area contributed by atoms with E-state index in [0.717, 1.165) is 11.3 Å². The van der Waals surface area contributed by atoms with Crippen molar-refractivity contribution in [2.75, 3.05) is 19.7 Å². The van der Waals surface area contributed by atoms with E-state index >= 15 is 0 Å². The number of nitrogens with one attached hydrogen (secondary N) is 1. The number of hydrogen-bond donors (Lipinski definition) is 1. The van der Waals surface area contributed by atoms with Gasteiger partial charge in [-0.25, -0.2) is 4.99 Å². The maximum absolute atomic E-state index is 12.8. The van der Waals surface area contributed by atoms with E-state index in [2.05, 4.69) is 10.3 Å². The van der Waals surface area contributed by atoms with Crippen LogP contribution in [0.3, 0.4) is 0 Å². The first-order valence-corrected chi connectivity index (χ1v) is 8.60. The molecule has 2 aromatic rings. The molecule has 1 N–H and O–H groups in total.